The largest absolute Gasteiger partial charge is 0.355 e. The fourth-order valence-corrected chi connectivity index (χ4v) is 0.778. The molecule has 0 bridgehead atoms. The van der Waals surface area contributed by atoms with E-state index in [1.54, 1.807) is 6.08 Å². The molecular formula is C7H13NOS. The summed E-state index contributed by atoms with van der Waals surface area (Å²) in [5, 5.41) is 2.86. The Kier molecular flexibility index (Phi) is 5.12. The van der Waals surface area contributed by atoms with Crippen molar-refractivity contribution in [1.82, 2.24) is 5.32 Å². The second kappa shape index (κ2) is 5.35. The Labute approximate surface area is 67.1 Å². The molecule has 2 nitrogen and oxygen atoms in total. The van der Waals surface area contributed by atoms with Gasteiger partial charge in [-0.15, -0.1) is 6.58 Å². The molecule has 0 aliphatic heterocycles. The molecule has 0 rings (SSSR count). The third kappa shape index (κ3) is 5.69. The third-order valence-electron chi connectivity index (χ3n) is 1.03. The summed E-state index contributed by atoms with van der Waals surface area (Å²) in [6.45, 7) is 5.68. The fraction of sp³-hybridized carbons (Fsp3) is 0.571. The first kappa shape index (κ1) is 9.56. The lowest BCUT2D eigenvalue weighted by Gasteiger charge is -2.06. The summed E-state index contributed by atoms with van der Waals surface area (Å²) in [6.07, 6.45) is 2.61. The molecule has 0 saturated heterocycles. The predicted molar refractivity (Wildman–Crippen MR) is 46.3 cm³/mol. The van der Waals surface area contributed by atoms with E-state index >= 15 is 0 Å². The van der Waals surface area contributed by atoms with E-state index in [0.29, 0.717) is 6.54 Å². The van der Waals surface area contributed by atoms with Crippen LogP contribution in [0.4, 0.5) is 0 Å². The number of hydrogen-bond acceptors (Lipinski definition) is 2. The molecular weight excluding hydrogens is 146 g/mol. The number of carbonyl (C=O) groups excluding carboxylic acids is 1. The van der Waals surface area contributed by atoms with Crippen molar-refractivity contribution in [1.29, 1.82) is 0 Å². The van der Waals surface area contributed by atoms with Crippen LogP contribution >= 0.6 is 12.6 Å². The standard InChI is InChI=1S/C7H13NOS/c1-3-4-7(10)5-8-6(2)9/h3,7,10H,1,4-5H2,2H3,(H,8,9). The van der Waals surface area contributed by atoms with E-state index in [2.05, 4.69) is 24.5 Å². The Bertz CT molecular complexity index is 125. The van der Waals surface area contributed by atoms with Gasteiger partial charge in [-0.3, -0.25) is 4.79 Å². The van der Waals surface area contributed by atoms with Gasteiger partial charge in [0.05, 0.1) is 0 Å². The van der Waals surface area contributed by atoms with Crippen molar-refractivity contribution in [3.05, 3.63) is 12.7 Å². The van der Waals surface area contributed by atoms with Crippen molar-refractivity contribution in [2.75, 3.05) is 6.54 Å². The number of thiol groups is 1. The van der Waals surface area contributed by atoms with Crippen LogP contribution < -0.4 is 5.32 Å². The first-order valence-corrected chi connectivity index (χ1v) is 3.72. The highest BCUT2D eigenvalue weighted by Gasteiger charge is 1.99. The molecule has 0 aromatic heterocycles. The maximum Gasteiger partial charge on any atom is 0.216 e. The van der Waals surface area contributed by atoms with Gasteiger partial charge in [0.15, 0.2) is 0 Å². The second-order valence-corrected chi connectivity index (χ2v) is 2.85. The normalized spacial score (nSPS) is 12.2. The molecule has 1 unspecified atom stereocenters. The molecule has 10 heavy (non-hydrogen) atoms. The van der Waals surface area contributed by atoms with Crippen LogP contribution in [0, 0.1) is 0 Å². The van der Waals surface area contributed by atoms with Gasteiger partial charge in [-0.05, 0) is 6.42 Å². The van der Waals surface area contributed by atoms with Crippen LogP contribution in [0.15, 0.2) is 12.7 Å². The quantitative estimate of drug-likeness (QED) is 0.465. The Balaban J connectivity index is 3.29. The highest BCUT2D eigenvalue weighted by Crippen LogP contribution is 1.98. The summed E-state index contributed by atoms with van der Waals surface area (Å²) in [5.74, 6) is -0.0110. The molecule has 0 heterocycles. The predicted octanol–water partition coefficient (Wildman–Crippen LogP) is 0.997. The van der Waals surface area contributed by atoms with Crippen LogP contribution in [-0.4, -0.2) is 17.7 Å². The highest BCUT2D eigenvalue weighted by atomic mass is 32.1. The van der Waals surface area contributed by atoms with Crippen LogP contribution in [0.5, 0.6) is 0 Å². The van der Waals surface area contributed by atoms with Crippen LogP contribution in [0.25, 0.3) is 0 Å². The van der Waals surface area contributed by atoms with Crippen molar-refractivity contribution < 1.29 is 4.79 Å². The number of carbonyl (C=O) groups is 1. The van der Waals surface area contributed by atoms with Gasteiger partial charge >= 0.3 is 0 Å². The number of allylic oxidation sites excluding steroid dienone is 1. The lowest BCUT2D eigenvalue weighted by atomic mass is 10.3. The van der Waals surface area contributed by atoms with E-state index in [1.165, 1.54) is 6.92 Å². The number of nitrogens with one attached hydrogen (secondary N) is 1. The van der Waals surface area contributed by atoms with E-state index in [1.807, 2.05) is 0 Å². The van der Waals surface area contributed by atoms with Crippen molar-refractivity contribution in [3.8, 4) is 0 Å². The molecule has 1 amide bonds. The van der Waals surface area contributed by atoms with Gasteiger partial charge in [-0.1, -0.05) is 6.08 Å². The first-order valence-electron chi connectivity index (χ1n) is 3.20. The van der Waals surface area contributed by atoms with E-state index in [-0.39, 0.29) is 11.2 Å². The van der Waals surface area contributed by atoms with Gasteiger partial charge in [0.2, 0.25) is 5.91 Å². The van der Waals surface area contributed by atoms with E-state index in [0.717, 1.165) is 6.42 Å². The molecule has 0 aliphatic rings. The summed E-state index contributed by atoms with van der Waals surface area (Å²) < 4.78 is 0. The minimum absolute atomic E-state index is 0.0110. The average molecular weight is 159 g/mol. The number of rotatable bonds is 4. The molecule has 1 atom stereocenters. The Hall–Kier alpha value is -0.440. The van der Waals surface area contributed by atoms with Gasteiger partial charge < -0.3 is 5.32 Å². The number of amides is 1. The zero-order chi connectivity index (χ0) is 7.98. The Morgan fingerprint density at radius 1 is 1.90 bits per heavy atom. The second-order valence-electron chi connectivity index (χ2n) is 2.12. The van der Waals surface area contributed by atoms with E-state index in [9.17, 15) is 4.79 Å². The molecule has 0 aliphatic carbocycles. The highest BCUT2D eigenvalue weighted by molar-refractivity contribution is 7.81. The SMILES string of the molecule is C=CCC(S)CNC(C)=O. The molecule has 0 aromatic carbocycles. The van der Waals surface area contributed by atoms with Crippen molar-refractivity contribution in [3.63, 3.8) is 0 Å². The Morgan fingerprint density at radius 3 is 2.90 bits per heavy atom. The summed E-state index contributed by atoms with van der Waals surface area (Å²) in [4.78, 5) is 10.4. The molecule has 0 saturated carbocycles. The smallest absolute Gasteiger partial charge is 0.216 e. The van der Waals surface area contributed by atoms with Crippen molar-refractivity contribution in [2.45, 2.75) is 18.6 Å². The van der Waals surface area contributed by atoms with E-state index in [4.69, 9.17) is 0 Å². The summed E-state index contributed by atoms with van der Waals surface area (Å²) in [6, 6.07) is 0. The maximum atomic E-state index is 10.4. The van der Waals surface area contributed by atoms with Gasteiger partial charge in [-0.2, -0.15) is 12.6 Å². The first-order chi connectivity index (χ1) is 4.66. The molecule has 1 N–H and O–H groups in total. The van der Waals surface area contributed by atoms with Crippen LogP contribution in [0.3, 0.4) is 0 Å². The maximum absolute atomic E-state index is 10.4. The monoisotopic (exact) mass is 159 g/mol. The minimum Gasteiger partial charge on any atom is -0.355 e. The third-order valence-corrected chi connectivity index (χ3v) is 1.42. The minimum atomic E-state index is -0.0110. The average Bonchev–Trinajstić information content (AvgIpc) is 1.85. The van der Waals surface area contributed by atoms with Crippen molar-refractivity contribution >= 4 is 18.5 Å². The lowest BCUT2D eigenvalue weighted by molar-refractivity contribution is -0.118. The number of hydrogen-bond donors (Lipinski definition) is 2. The molecule has 0 radical (unpaired) electrons. The topological polar surface area (TPSA) is 29.1 Å². The summed E-state index contributed by atoms with van der Waals surface area (Å²) in [7, 11) is 0. The van der Waals surface area contributed by atoms with Gasteiger partial charge in [0.1, 0.15) is 0 Å². The van der Waals surface area contributed by atoms with Gasteiger partial charge in [0.25, 0.3) is 0 Å². The zero-order valence-electron chi connectivity index (χ0n) is 6.13. The van der Waals surface area contributed by atoms with Crippen molar-refractivity contribution in [2.24, 2.45) is 0 Å². The van der Waals surface area contributed by atoms with Crippen LogP contribution in [0.1, 0.15) is 13.3 Å². The zero-order valence-corrected chi connectivity index (χ0v) is 7.03. The van der Waals surface area contributed by atoms with Gasteiger partial charge in [-0.25, -0.2) is 0 Å². The molecule has 3 heteroatoms. The molecule has 58 valence electrons. The van der Waals surface area contributed by atoms with Crippen LogP contribution in [0.2, 0.25) is 0 Å². The molecule has 0 aromatic rings. The molecule has 0 fully saturated rings. The fourth-order valence-electron chi connectivity index (χ4n) is 0.537. The van der Waals surface area contributed by atoms with Gasteiger partial charge in [0, 0.05) is 18.7 Å². The lowest BCUT2D eigenvalue weighted by Crippen LogP contribution is -2.27. The summed E-state index contributed by atoms with van der Waals surface area (Å²) in [5.41, 5.74) is 0. The van der Waals surface area contributed by atoms with Crippen LogP contribution in [-0.2, 0) is 4.79 Å². The Morgan fingerprint density at radius 2 is 2.50 bits per heavy atom. The van der Waals surface area contributed by atoms with E-state index < -0.39 is 0 Å². The molecule has 0 spiro atoms. The summed E-state index contributed by atoms with van der Waals surface area (Å²) >= 11 is 4.20.